The highest BCUT2D eigenvalue weighted by molar-refractivity contribution is 7.13. The molecular weight excluding hydrogens is 346 g/mol. The summed E-state index contributed by atoms with van der Waals surface area (Å²) >= 11 is 1.50. The van der Waals surface area contributed by atoms with Gasteiger partial charge in [-0.1, -0.05) is 30.3 Å². The number of benzene rings is 2. The van der Waals surface area contributed by atoms with E-state index in [1.54, 1.807) is 0 Å². The van der Waals surface area contributed by atoms with Crippen molar-refractivity contribution >= 4 is 17.3 Å². The smallest absolute Gasteiger partial charge is 0.317 e. The average molecular weight is 367 g/mol. The molecule has 3 aromatic rings. The summed E-state index contributed by atoms with van der Waals surface area (Å²) in [6.45, 7) is 6.41. The van der Waals surface area contributed by atoms with Crippen molar-refractivity contribution in [1.29, 1.82) is 0 Å². The van der Waals surface area contributed by atoms with E-state index < -0.39 is 0 Å². The number of hydrogen-bond acceptors (Lipinski definition) is 5. The van der Waals surface area contributed by atoms with Gasteiger partial charge in [0.05, 0.1) is 24.3 Å². The van der Waals surface area contributed by atoms with Crippen LogP contribution < -0.4 is 9.47 Å². The summed E-state index contributed by atoms with van der Waals surface area (Å²) in [6, 6.07) is 13.6. The van der Waals surface area contributed by atoms with Crippen molar-refractivity contribution in [3.8, 4) is 22.1 Å². The van der Waals surface area contributed by atoms with Gasteiger partial charge in [-0.05, 0) is 44.0 Å². The molecule has 0 atom stereocenters. The fourth-order valence-corrected chi connectivity index (χ4v) is 3.54. The van der Waals surface area contributed by atoms with E-state index in [1.165, 1.54) is 11.3 Å². The Morgan fingerprint density at radius 3 is 2.54 bits per heavy atom. The molecule has 0 aliphatic heterocycles. The van der Waals surface area contributed by atoms with Crippen molar-refractivity contribution in [3.63, 3.8) is 0 Å². The standard InChI is InChI=1S/C21H21NO3S/c1-4-24-18-11-6-5-10-17(18)21-22-16(13-26-21)12-19(23)25-20-14(2)8-7-9-15(20)3/h5-11,13H,4,12H2,1-3H3. The summed E-state index contributed by atoms with van der Waals surface area (Å²) in [4.78, 5) is 16.9. The molecule has 0 amide bonds. The van der Waals surface area contributed by atoms with Crippen LogP contribution in [0.25, 0.3) is 10.6 Å². The summed E-state index contributed by atoms with van der Waals surface area (Å²) in [5.74, 6) is 1.13. The zero-order chi connectivity index (χ0) is 18.5. The Hall–Kier alpha value is -2.66. The average Bonchev–Trinajstić information content (AvgIpc) is 3.07. The number of hydrogen-bond donors (Lipinski definition) is 0. The molecule has 1 heterocycles. The van der Waals surface area contributed by atoms with Crippen LogP contribution in [0.5, 0.6) is 11.5 Å². The summed E-state index contributed by atoms with van der Waals surface area (Å²) < 4.78 is 11.2. The molecule has 0 saturated heterocycles. The summed E-state index contributed by atoms with van der Waals surface area (Å²) in [6.07, 6.45) is 0.140. The van der Waals surface area contributed by atoms with Gasteiger partial charge in [-0.2, -0.15) is 0 Å². The van der Waals surface area contributed by atoms with Crippen molar-refractivity contribution in [3.05, 3.63) is 64.7 Å². The topological polar surface area (TPSA) is 48.4 Å². The highest BCUT2D eigenvalue weighted by Gasteiger charge is 2.15. The van der Waals surface area contributed by atoms with Crippen LogP contribution in [0, 0.1) is 13.8 Å². The Labute approximate surface area is 157 Å². The van der Waals surface area contributed by atoms with E-state index in [-0.39, 0.29) is 12.4 Å². The summed E-state index contributed by atoms with van der Waals surface area (Å²) in [5.41, 5.74) is 3.53. The van der Waals surface area contributed by atoms with Gasteiger partial charge in [0.15, 0.2) is 0 Å². The van der Waals surface area contributed by atoms with Gasteiger partial charge >= 0.3 is 5.97 Å². The van der Waals surface area contributed by atoms with Gasteiger partial charge in [-0.3, -0.25) is 4.79 Å². The number of carbonyl (C=O) groups is 1. The zero-order valence-corrected chi connectivity index (χ0v) is 15.9. The van der Waals surface area contributed by atoms with E-state index in [4.69, 9.17) is 9.47 Å². The van der Waals surface area contributed by atoms with Crippen molar-refractivity contribution in [1.82, 2.24) is 4.98 Å². The summed E-state index contributed by atoms with van der Waals surface area (Å²) in [5, 5.41) is 2.73. The fourth-order valence-electron chi connectivity index (χ4n) is 2.69. The van der Waals surface area contributed by atoms with E-state index in [9.17, 15) is 4.79 Å². The van der Waals surface area contributed by atoms with Crippen LogP contribution in [0.15, 0.2) is 47.8 Å². The van der Waals surface area contributed by atoms with Gasteiger partial charge in [-0.25, -0.2) is 4.98 Å². The third-order valence-electron chi connectivity index (χ3n) is 3.92. The number of para-hydroxylation sites is 2. The molecule has 0 unspecified atom stereocenters. The number of aryl methyl sites for hydroxylation is 2. The number of rotatable bonds is 6. The highest BCUT2D eigenvalue weighted by atomic mass is 32.1. The molecule has 0 N–H and O–H groups in total. The SMILES string of the molecule is CCOc1ccccc1-c1nc(CC(=O)Oc2c(C)cccc2C)cs1. The van der Waals surface area contributed by atoms with Crippen LogP contribution in [-0.2, 0) is 11.2 Å². The van der Waals surface area contributed by atoms with Gasteiger partial charge in [0, 0.05) is 5.38 Å². The lowest BCUT2D eigenvalue weighted by atomic mass is 10.1. The van der Waals surface area contributed by atoms with Crippen molar-refractivity contribution in [2.24, 2.45) is 0 Å². The maximum Gasteiger partial charge on any atom is 0.317 e. The second-order valence-electron chi connectivity index (χ2n) is 5.94. The molecule has 4 nitrogen and oxygen atoms in total. The first kappa shape index (κ1) is 18.1. The predicted octanol–water partition coefficient (Wildman–Crippen LogP) is 4.97. The lowest BCUT2D eigenvalue weighted by Gasteiger charge is -2.09. The monoisotopic (exact) mass is 367 g/mol. The first-order valence-electron chi connectivity index (χ1n) is 8.52. The second-order valence-corrected chi connectivity index (χ2v) is 6.80. The quantitative estimate of drug-likeness (QED) is 0.456. The van der Waals surface area contributed by atoms with Crippen molar-refractivity contribution in [2.75, 3.05) is 6.61 Å². The largest absolute Gasteiger partial charge is 0.493 e. The zero-order valence-electron chi connectivity index (χ0n) is 15.1. The number of esters is 1. The lowest BCUT2D eigenvalue weighted by molar-refractivity contribution is -0.133. The van der Waals surface area contributed by atoms with E-state index >= 15 is 0 Å². The van der Waals surface area contributed by atoms with Crippen LogP contribution >= 0.6 is 11.3 Å². The normalized spacial score (nSPS) is 10.6. The maximum absolute atomic E-state index is 12.3. The number of nitrogens with zero attached hydrogens (tertiary/aromatic N) is 1. The molecule has 0 aliphatic carbocycles. The third kappa shape index (κ3) is 4.11. The summed E-state index contributed by atoms with van der Waals surface area (Å²) in [7, 11) is 0. The van der Waals surface area contributed by atoms with Crippen LogP contribution in [0.4, 0.5) is 0 Å². The molecule has 0 saturated carbocycles. The molecule has 134 valence electrons. The Morgan fingerprint density at radius 2 is 1.81 bits per heavy atom. The minimum Gasteiger partial charge on any atom is -0.493 e. The van der Waals surface area contributed by atoms with Crippen LogP contribution in [0.2, 0.25) is 0 Å². The van der Waals surface area contributed by atoms with Gasteiger partial charge < -0.3 is 9.47 Å². The first-order chi connectivity index (χ1) is 12.6. The van der Waals surface area contributed by atoms with Crippen molar-refractivity contribution in [2.45, 2.75) is 27.2 Å². The number of thiazole rings is 1. The molecule has 0 aliphatic rings. The van der Waals surface area contributed by atoms with Crippen LogP contribution in [0.1, 0.15) is 23.7 Å². The lowest BCUT2D eigenvalue weighted by Crippen LogP contribution is -2.13. The molecule has 2 aromatic carbocycles. The van der Waals surface area contributed by atoms with E-state index in [2.05, 4.69) is 4.98 Å². The fraction of sp³-hybridized carbons (Fsp3) is 0.238. The minimum absolute atomic E-state index is 0.140. The van der Waals surface area contributed by atoms with Gasteiger partial charge in [0.25, 0.3) is 0 Å². The van der Waals surface area contributed by atoms with Crippen LogP contribution in [-0.4, -0.2) is 17.6 Å². The Morgan fingerprint density at radius 1 is 1.08 bits per heavy atom. The predicted molar refractivity (Wildman–Crippen MR) is 104 cm³/mol. The minimum atomic E-state index is -0.308. The molecule has 0 fully saturated rings. The third-order valence-corrected chi connectivity index (χ3v) is 4.84. The molecule has 5 heteroatoms. The maximum atomic E-state index is 12.3. The molecule has 26 heavy (non-hydrogen) atoms. The Balaban J connectivity index is 1.74. The first-order valence-corrected chi connectivity index (χ1v) is 9.40. The number of carbonyl (C=O) groups excluding carboxylic acids is 1. The Bertz CT molecular complexity index is 897. The molecular formula is C21H21NO3S. The molecule has 0 radical (unpaired) electrons. The Kier molecular flexibility index (Phi) is 5.68. The molecule has 0 bridgehead atoms. The highest BCUT2D eigenvalue weighted by Crippen LogP contribution is 2.32. The molecule has 1 aromatic heterocycles. The number of aromatic nitrogens is 1. The van der Waals surface area contributed by atoms with E-state index in [0.29, 0.717) is 18.1 Å². The molecule has 3 rings (SSSR count). The van der Waals surface area contributed by atoms with Gasteiger partial charge in [-0.15, -0.1) is 11.3 Å². The number of ether oxygens (including phenoxy) is 2. The molecule has 0 spiro atoms. The van der Waals surface area contributed by atoms with Crippen LogP contribution in [0.3, 0.4) is 0 Å². The van der Waals surface area contributed by atoms with Gasteiger partial charge in [0.1, 0.15) is 16.5 Å². The second kappa shape index (κ2) is 8.15. The van der Waals surface area contributed by atoms with E-state index in [0.717, 1.165) is 27.4 Å². The van der Waals surface area contributed by atoms with Gasteiger partial charge in [0.2, 0.25) is 0 Å². The van der Waals surface area contributed by atoms with E-state index in [1.807, 2.05) is 68.6 Å². The van der Waals surface area contributed by atoms with Crippen molar-refractivity contribution < 1.29 is 14.3 Å².